The normalized spacial score (nSPS) is 16.8. The fourth-order valence-corrected chi connectivity index (χ4v) is 2.82. The van der Waals surface area contributed by atoms with Gasteiger partial charge in [-0.1, -0.05) is 18.2 Å². The van der Waals surface area contributed by atoms with Crippen LogP contribution in [0.15, 0.2) is 52.1 Å². The standard InChI is InChI=1S/C19H24FN3O2/c20-10-4-11-21-19(22-12-8-15-5-3-13-24-15)23-17-9-14-25-18-7-2-1-6-16(17)18/h1-3,5-7,13,17H,4,8-12,14H2,(H2,21,22,23). The lowest BCUT2D eigenvalue weighted by atomic mass is 10.0. The predicted octanol–water partition coefficient (Wildman–Crippen LogP) is 3.24. The molecule has 3 rings (SSSR count). The number of fused-ring (bicyclic) bond motifs is 1. The number of benzene rings is 1. The molecule has 2 aromatic rings. The molecule has 1 aliphatic heterocycles. The molecule has 1 aromatic carbocycles. The molecule has 0 amide bonds. The Bertz CT molecular complexity index is 673. The molecule has 1 aliphatic rings. The molecule has 0 radical (unpaired) electrons. The van der Waals surface area contributed by atoms with Gasteiger partial charge >= 0.3 is 0 Å². The number of alkyl halides is 1. The highest BCUT2D eigenvalue weighted by molar-refractivity contribution is 5.80. The van der Waals surface area contributed by atoms with Crippen molar-refractivity contribution in [2.45, 2.75) is 25.3 Å². The van der Waals surface area contributed by atoms with Crippen LogP contribution in [-0.4, -0.2) is 32.3 Å². The topological polar surface area (TPSA) is 58.8 Å². The molecule has 134 valence electrons. The van der Waals surface area contributed by atoms with Crippen molar-refractivity contribution in [2.24, 2.45) is 4.99 Å². The van der Waals surface area contributed by atoms with Crippen molar-refractivity contribution < 1.29 is 13.5 Å². The number of ether oxygens (including phenoxy) is 1. The predicted molar refractivity (Wildman–Crippen MR) is 95.7 cm³/mol. The minimum absolute atomic E-state index is 0.130. The van der Waals surface area contributed by atoms with Crippen LogP contribution in [0.5, 0.6) is 5.75 Å². The Balaban J connectivity index is 1.62. The summed E-state index contributed by atoms with van der Waals surface area (Å²) in [5.74, 6) is 2.53. The molecule has 1 aromatic heterocycles. The largest absolute Gasteiger partial charge is 0.493 e. The molecule has 1 atom stereocenters. The van der Waals surface area contributed by atoms with Crippen LogP contribution in [0.2, 0.25) is 0 Å². The first-order valence-corrected chi connectivity index (χ1v) is 8.72. The van der Waals surface area contributed by atoms with Crippen LogP contribution < -0.4 is 15.4 Å². The molecule has 5 nitrogen and oxygen atoms in total. The van der Waals surface area contributed by atoms with Gasteiger partial charge in [0, 0.05) is 31.5 Å². The number of aliphatic imine (C=N–C) groups is 1. The van der Waals surface area contributed by atoms with Crippen LogP contribution in [0, 0.1) is 0 Å². The summed E-state index contributed by atoms with van der Waals surface area (Å²) in [5.41, 5.74) is 1.12. The summed E-state index contributed by atoms with van der Waals surface area (Å²) in [6.45, 7) is 1.46. The van der Waals surface area contributed by atoms with E-state index in [9.17, 15) is 4.39 Å². The number of rotatable bonds is 7. The minimum Gasteiger partial charge on any atom is -0.493 e. The molecule has 2 heterocycles. The maximum Gasteiger partial charge on any atom is 0.191 e. The summed E-state index contributed by atoms with van der Waals surface area (Å²) in [4.78, 5) is 4.48. The van der Waals surface area contributed by atoms with E-state index in [1.54, 1.807) is 6.26 Å². The first kappa shape index (κ1) is 17.3. The molecular formula is C19H24FN3O2. The van der Waals surface area contributed by atoms with Crippen LogP contribution in [0.25, 0.3) is 0 Å². The quantitative estimate of drug-likeness (QED) is 0.459. The Labute approximate surface area is 147 Å². The van der Waals surface area contributed by atoms with Gasteiger partial charge in [0.1, 0.15) is 11.5 Å². The second kappa shape index (κ2) is 9.11. The first-order chi connectivity index (χ1) is 12.4. The van der Waals surface area contributed by atoms with Crippen molar-refractivity contribution in [2.75, 3.05) is 26.4 Å². The summed E-state index contributed by atoms with van der Waals surface area (Å²) in [5, 5.41) is 6.77. The van der Waals surface area contributed by atoms with Crippen LogP contribution in [0.3, 0.4) is 0 Å². The number of hydrogen-bond donors (Lipinski definition) is 2. The highest BCUT2D eigenvalue weighted by atomic mass is 19.1. The van der Waals surface area contributed by atoms with Crippen LogP contribution in [0.1, 0.15) is 30.2 Å². The van der Waals surface area contributed by atoms with Crippen LogP contribution >= 0.6 is 0 Å². The van der Waals surface area contributed by atoms with Gasteiger partial charge in [-0.2, -0.15) is 0 Å². The second-order valence-electron chi connectivity index (χ2n) is 5.90. The zero-order valence-electron chi connectivity index (χ0n) is 14.2. The lowest BCUT2D eigenvalue weighted by Crippen LogP contribution is -2.42. The minimum atomic E-state index is -0.358. The molecule has 0 fully saturated rings. The summed E-state index contributed by atoms with van der Waals surface area (Å²) in [7, 11) is 0. The van der Waals surface area contributed by atoms with Gasteiger partial charge in [-0.3, -0.25) is 9.38 Å². The summed E-state index contributed by atoms with van der Waals surface area (Å²) in [6, 6.07) is 12.0. The number of hydrogen-bond acceptors (Lipinski definition) is 3. The van der Waals surface area contributed by atoms with Crippen molar-refractivity contribution >= 4 is 5.96 Å². The summed E-state index contributed by atoms with van der Waals surface area (Å²) >= 11 is 0. The molecule has 0 aliphatic carbocycles. The van der Waals surface area contributed by atoms with Crippen molar-refractivity contribution in [1.82, 2.24) is 10.6 Å². The lowest BCUT2D eigenvalue weighted by molar-refractivity contribution is 0.261. The molecule has 2 N–H and O–H groups in total. The Kier molecular flexibility index (Phi) is 6.31. The van der Waals surface area contributed by atoms with E-state index in [1.807, 2.05) is 30.3 Å². The average Bonchev–Trinajstić information content (AvgIpc) is 3.15. The maximum absolute atomic E-state index is 12.4. The van der Waals surface area contributed by atoms with Gasteiger partial charge < -0.3 is 19.8 Å². The van der Waals surface area contributed by atoms with E-state index in [-0.39, 0.29) is 12.7 Å². The second-order valence-corrected chi connectivity index (χ2v) is 5.90. The molecule has 0 saturated heterocycles. The van der Waals surface area contributed by atoms with Crippen molar-refractivity contribution in [3.63, 3.8) is 0 Å². The van der Waals surface area contributed by atoms with E-state index in [1.165, 1.54) is 0 Å². The molecule has 0 bridgehead atoms. The molecule has 0 spiro atoms. The average molecular weight is 345 g/mol. The fraction of sp³-hybridized carbons (Fsp3) is 0.421. The van der Waals surface area contributed by atoms with E-state index in [0.717, 1.165) is 29.9 Å². The van der Waals surface area contributed by atoms with Gasteiger partial charge in [0.15, 0.2) is 5.96 Å². The molecule has 25 heavy (non-hydrogen) atoms. The third-order valence-electron chi connectivity index (χ3n) is 4.08. The van der Waals surface area contributed by atoms with E-state index < -0.39 is 0 Å². The molecule has 0 saturated carbocycles. The van der Waals surface area contributed by atoms with Crippen LogP contribution in [-0.2, 0) is 6.42 Å². The fourth-order valence-electron chi connectivity index (χ4n) is 2.82. The smallest absolute Gasteiger partial charge is 0.191 e. The van der Waals surface area contributed by atoms with Gasteiger partial charge in [-0.25, -0.2) is 0 Å². The van der Waals surface area contributed by atoms with E-state index in [0.29, 0.717) is 32.1 Å². The highest BCUT2D eigenvalue weighted by Crippen LogP contribution is 2.31. The van der Waals surface area contributed by atoms with Gasteiger partial charge in [0.05, 0.1) is 25.6 Å². The van der Waals surface area contributed by atoms with Crippen molar-refractivity contribution in [1.29, 1.82) is 0 Å². The number of nitrogens with one attached hydrogen (secondary N) is 2. The van der Waals surface area contributed by atoms with Gasteiger partial charge in [0.2, 0.25) is 0 Å². The van der Waals surface area contributed by atoms with Gasteiger partial charge in [0.25, 0.3) is 0 Å². The third-order valence-corrected chi connectivity index (χ3v) is 4.08. The molecular weight excluding hydrogens is 321 g/mol. The third kappa shape index (κ3) is 4.98. The number of guanidine groups is 1. The summed E-state index contributed by atoms with van der Waals surface area (Å²) in [6.07, 6.45) is 3.72. The monoisotopic (exact) mass is 345 g/mol. The van der Waals surface area contributed by atoms with E-state index in [4.69, 9.17) is 9.15 Å². The highest BCUT2D eigenvalue weighted by Gasteiger charge is 2.21. The first-order valence-electron chi connectivity index (χ1n) is 8.72. The van der Waals surface area contributed by atoms with Crippen molar-refractivity contribution in [3.8, 4) is 5.75 Å². The number of halogens is 1. The number of nitrogens with zero attached hydrogens (tertiary/aromatic N) is 1. The van der Waals surface area contributed by atoms with Gasteiger partial charge in [-0.05, 0) is 24.6 Å². The number of furan rings is 1. The maximum atomic E-state index is 12.4. The molecule has 6 heteroatoms. The van der Waals surface area contributed by atoms with Crippen molar-refractivity contribution in [3.05, 3.63) is 54.0 Å². The zero-order valence-corrected chi connectivity index (χ0v) is 14.2. The van der Waals surface area contributed by atoms with Crippen LogP contribution in [0.4, 0.5) is 4.39 Å². The Hall–Kier alpha value is -2.50. The van der Waals surface area contributed by atoms with E-state index >= 15 is 0 Å². The SMILES string of the molecule is FCCCN=C(NCCc1ccco1)NC1CCOc2ccccc21. The van der Waals surface area contributed by atoms with E-state index in [2.05, 4.69) is 21.7 Å². The Morgan fingerprint density at radius 3 is 3.00 bits per heavy atom. The zero-order chi connectivity index (χ0) is 17.3. The number of para-hydroxylation sites is 1. The lowest BCUT2D eigenvalue weighted by Gasteiger charge is -2.28. The Morgan fingerprint density at radius 2 is 2.16 bits per heavy atom. The Morgan fingerprint density at radius 1 is 1.24 bits per heavy atom. The molecule has 1 unspecified atom stereocenters. The summed E-state index contributed by atoms with van der Waals surface area (Å²) < 4.78 is 23.4. The van der Waals surface area contributed by atoms with Gasteiger partial charge in [-0.15, -0.1) is 0 Å².